The molecule has 0 N–H and O–H groups in total. The number of fused-ring (bicyclic) bond motifs is 5. The lowest BCUT2D eigenvalue weighted by molar-refractivity contribution is 0.661. The molecule has 3 nitrogen and oxygen atoms in total. The van der Waals surface area contributed by atoms with Gasteiger partial charge in [0, 0.05) is 34.5 Å². The van der Waals surface area contributed by atoms with E-state index < -0.39 is 0 Å². The summed E-state index contributed by atoms with van der Waals surface area (Å²) in [6.45, 7) is 4.70. The second-order valence-corrected chi connectivity index (χ2v) is 13.3. The molecular formula is C46H33N3. The van der Waals surface area contributed by atoms with Crippen LogP contribution in [0.25, 0.3) is 78.1 Å². The van der Waals surface area contributed by atoms with Crippen LogP contribution in [0.1, 0.15) is 25.0 Å². The van der Waals surface area contributed by atoms with Gasteiger partial charge >= 0.3 is 0 Å². The SMILES string of the molecule is CC1(C)c2cccc(-c3ccc(-c4cc(-c5ccncc5)nc(-c5cccc(-c6ccccc6)c5)n4)cc3)c2-c2c1ccc1ccccc21. The van der Waals surface area contributed by atoms with E-state index in [1.807, 2.05) is 30.6 Å². The Kier molecular flexibility index (Phi) is 6.80. The smallest absolute Gasteiger partial charge is 0.160 e. The molecular weight excluding hydrogens is 595 g/mol. The second kappa shape index (κ2) is 11.5. The standard InChI is InChI=1S/C46H33N3/c1-46(2)39-17-9-16-38(43(39)44-37-15-7-6-12-31(37)22-23-40(44)46)32-18-20-33(21-19-32)41-29-42(34-24-26-47-27-25-34)49-45(48-41)36-14-8-13-35(28-36)30-10-4-3-5-11-30/h3-29H,1-2H3. The minimum absolute atomic E-state index is 0.0802. The van der Waals surface area contributed by atoms with Crippen LogP contribution in [0.4, 0.5) is 0 Å². The third kappa shape index (κ3) is 4.94. The first kappa shape index (κ1) is 29.0. The molecule has 232 valence electrons. The number of hydrogen-bond donors (Lipinski definition) is 0. The van der Waals surface area contributed by atoms with E-state index in [4.69, 9.17) is 9.97 Å². The van der Waals surface area contributed by atoms with Gasteiger partial charge in [0.25, 0.3) is 0 Å². The van der Waals surface area contributed by atoms with Crippen LogP contribution in [0.15, 0.2) is 164 Å². The van der Waals surface area contributed by atoms with Crippen LogP contribution in [0, 0.1) is 0 Å². The monoisotopic (exact) mass is 627 g/mol. The molecule has 8 aromatic rings. The van der Waals surface area contributed by atoms with Gasteiger partial charge < -0.3 is 0 Å². The van der Waals surface area contributed by atoms with E-state index in [2.05, 4.69) is 152 Å². The minimum Gasteiger partial charge on any atom is -0.265 e. The molecule has 1 aliphatic rings. The molecule has 0 aliphatic heterocycles. The molecule has 0 atom stereocenters. The fraction of sp³-hybridized carbons (Fsp3) is 0.0652. The maximum atomic E-state index is 5.15. The van der Waals surface area contributed by atoms with Gasteiger partial charge in [-0.1, -0.05) is 141 Å². The van der Waals surface area contributed by atoms with Gasteiger partial charge in [-0.2, -0.15) is 0 Å². The Labute approximate surface area is 286 Å². The number of nitrogens with zero attached hydrogens (tertiary/aromatic N) is 3. The molecule has 0 bridgehead atoms. The van der Waals surface area contributed by atoms with Gasteiger partial charge in [-0.05, 0) is 79.5 Å². The van der Waals surface area contributed by atoms with Crippen molar-refractivity contribution >= 4 is 10.8 Å². The summed E-state index contributed by atoms with van der Waals surface area (Å²) in [5.41, 5.74) is 14.9. The van der Waals surface area contributed by atoms with Crippen LogP contribution in [0.3, 0.4) is 0 Å². The van der Waals surface area contributed by atoms with Gasteiger partial charge in [-0.3, -0.25) is 4.98 Å². The van der Waals surface area contributed by atoms with Crippen molar-refractivity contribution in [2.24, 2.45) is 0 Å². The first-order chi connectivity index (χ1) is 24.0. The van der Waals surface area contributed by atoms with Crippen molar-refractivity contribution in [1.29, 1.82) is 0 Å². The summed E-state index contributed by atoms with van der Waals surface area (Å²) in [6.07, 6.45) is 3.62. The Bertz CT molecular complexity index is 2500. The second-order valence-electron chi connectivity index (χ2n) is 13.3. The predicted octanol–water partition coefficient (Wildman–Crippen LogP) is 11.7. The van der Waals surface area contributed by atoms with Crippen LogP contribution in [-0.2, 0) is 5.41 Å². The third-order valence-corrected chi connectivity index (χ3v) is 10.0. The Hall–Kier alpha value is -6.19. The first-order valence-electron chi connectivity index (χ1n) is 16.8. The molecule has 9 rings (SSSR count). The lowest BCUT2D eigenvalue weighted by Gasteiger charge is -2.21. The van der Waals surface area contributed by atoms with Crippen molar-refractivity contribution in [1.82, 2.24) is 15.0 Å². The maximum absolute atomic E-state index is 5.15. The molecule has 3 heteroatoms. The average Bonchev–Trinajstić information content (AvgIpc) is 3.42. The van der Waals surface area contributed by atoms with Gasteiger partial charge in [0.15, 0.2) is 5.82 Å². The summed E-state index contributed by atoms with van der Waals surface area (Å²) in [7, 11) is 0. The molecule has 49 heavy (non-hydrogen) atoms. The summed E-state index contributed by atoms with van der Waals surface area (Å²) >= 11 is 0. The Morgan fingerprint density at radius 1 is 0.429 bits per heavy atom. The van der Waals surface area contributed by atoms with Gasteiger partial charge in [-0.25, -0.2) is 9.97 Å². The van der Waals surface area contributed by atoms with E-state index in [0.717, 1.165) is 39.2 Å². The molecule has 0 amide bonds. The van der Waals surface area contributed by atoms with Crippen LogP contribution in [0.5, 0.6) is 0 Å². The molecule has 0 radical (unpaired) electrons. The van der Waals surface area contributed by atoms with Crippen molar-refractivity contribution in [3.05, 3.63) is 175 Å². The van der Waals surface area contributed by atoms with Crippen LogP contribution < -0.4 is 0 Å². The Morgan fingerprint density at radius 2 is 1.06 bits per heavy atom. The van der Waals surface area contributed by atoms with Gasteiger partial charge in [0.2, 0.25) is 0 Å². The molecule has 1 aliphatic carbocycles. The summed E-state index contributed by atoms with van der Waals surface area (Å²) in [4.78, 5) is 14.4. The molecule has 6 aromatic carbocycles. The fourth-order valence-electron chi connectivity index (χ4n) is 7.47. The highest BCUT2D eigenvalue weighted by Gasteiger charge is 2.37. The molecule has 0 saturated carbocycles. The number of benzene rings is 6. The zero-order valence-electron chi connectivity index (χ0n) is 27.4. The van der Waals surface area contributed by atoms with E-state index in [1.54, 1.807) is 0 Å². The lowest BCUT2D eigenvalue weighted by atomic mass is 9.81. The number of aromatic nitrogens is 3. The van der Waals surface area contributed by atoms with Gasteiger partial charge in [0.1, 0.15) is 0 Å². The highest BCUT2D eigenvalue weighted by molar-refractivity contribution is 6.06. The summed E-state index contributed by atoms with van der Waals surface area (Å²) in [5.74, 6) is 0.692. The molecule has 2 heterocycles. The normalized spacial score (nSPS) is 12.9. The van der Waals surface area contributed by atoms with Crippen molar-refractivity contribution in [3.63, 3.8) is 0 Å². The zero-order chi connectivity index (χ0) is 33.0. The van der Waals surface area contributed by atoms with Crippen molar-refractivity contribution in [2.75, 3.05) is 0 Å². The van der Waals surface area contributed by atoms with E-state index in [9.17, 15) is 0 Å². The number of hydrogen-bond acceptors (Lipinski definition) is 3. The first-order valence-corrected chi connectivity index (χ1v) is 16.8. The predicted molar refractivity (Wildman–Crippen MR) is 202 cm³/mol. The molecule has 2 aromatic heterocycles. The van der Waals surface area contributed by atoms with Crippen LogP contribution in [-0.4, -0.2) is 15.0 Å². The number of pyridine rings is 1. The topological polar surface area (TPSA) is 38.7 Å². The van der Waals surface area contributed by atoms with E-state index in [0.29, 0.717) is 5.82 Å². The fourth-order valence-corrected chi connectivity index (χ4v) is 7.47. The van der Waals surface area contributed by atoms with Crippen molar-refractivity contribution in [2.45, 2.75) is 19.3 Å². The third-order valence-electron chi connectivity index (χ3n) is 10.0. The Morgan fingerprint density at radius 3 is 1.86 bits per heavy atom. The van der Waals surface area contributed by atoms with E-state index >= 15 is 0 Å². The van der Waals surface area contributed by atoms with E-state index in [-0.39, 0.29) is 5.41 Å². The number of rotatable bonds is 5. The van der Waals surface area contributed by atoms with E-state index in [1.165, 1.54) is 44.2 Å². The van der Waals surface area contributed by atoms with Gasteiger partial charge in [0.05, 0.1) is 11.4 Å². The molecule has 0 saturated heterocycles. The van der Waals surface area contributed by atoms with Crippen molar-refractivity contribution < 1.29 is 0 Å². The lowest BCUT2D eigenvalue weighted by Crippen LogP contribution is -2.14. The zero-order valence-corrected chi connectivity index (χ0v) is 27.4. The molecule has 0 spiro atoms. The minimum atomic E-state index is -0.0802. The quantitative estimate of drug-likeness (QED) is 0.191. The average molecular weight is 628 g/mol. The maximum Gasteiger partial charge on any atom is 0.160 e. The highest BCUT2D eigenvalue weighted by Crippen LogP contribution is 2.54. The highest BCUT2D eigenvalue weighted by atomic mass is 14.9. The summed E-state index contributed by atoms with van der Waals surface area (Å²) < 4.78 is 0. The Balaban J connectivity index is 1.16. The van der Waals surface area contributed by atoms with Crippen LogP contribution >= 0.6 is 0 Å². The van der Waals surface area contributed by atoms with Crippen molar-refractivity contribution in [3.8, 4) is 67.3 Å². The summed E-state index contributed by atoms with van der Waals surface area (Å²) in [5, 5.41) is 2.58. The van der Waals surface area contributed by atoms with Crippen LogP contribution in [0.2, 0.25) is 0 Å². The molecule has 0 fully saturated rings. The molecule has 0 unspecified atom stereocenters. The summed E-state index contributed by atoms with van der Waals surface area (Å²) in [6, 6.07) is 54.0. The largest absolute Gasteiger partial charge is 0.265 e. The van der Waals surface area contributed by atoms with Gasteiger partial charge in [-0.15, -0.1) is 0 Å².